The maximum atomic E-state index is 4.53. The van der Waals surface area contributed by atoms with Gasteiger partial charge in [0.1, 0.15) is 5.65 Å². The van der Waals surface area contributed by atoms with Crippen LogP contribution in [0.5, 0.6) is 0 Å². The van der Waals surface area contributed by atoms with Crippen molar-refractivity contribution in [3.8, 4) is 11.8 Å². The first-order chi connectivity index (χ1) is 8.92. The third kappa shape index (κ3) is 2.93. The molecule has 1 aliphatic heterocycles. The zero-order valence-corrected chi connectivity index (χ0v) is 13.1. The number of nitrogens with zero attached hydrogens (tertiary/aromatic N) is 2. The molecule has 0 saturated heterocycles. The van der Waals surface area contributed by atoms with Crippen LogP contribution in [0.3, 0.4) is 0 Å². The third-order valence-corrected chi connectivity index (χ3v) is 3.42. The van der Waals surface area contributed by atoms with E-state index in [9.17, 15) is 0 Å². The minimum atomic E-state index is 0. The van der Waals surface area contributed by atoms with Crippen LogP contribution in [-0.2, 0) is 19.5 Å². The Bertz CT molecular complexity index is 638. The minimum absolute atomic E-state index is 0. The molecule has 0 spiro atoms. The second-order valence-electron chi connectivity index (χ2n) is 4.52. The van der Waals surface area contributed by atoms with Crippen molar-refractivity contribution in [3.05, 3.63) is 29.6 Å². The van der Waals surface area contributed by atoms with Gasteiger partial charge in [0.25, 0.3) is 0 Å². The van der Waals surface area contributed by atoms with E-state index in [0.717, 1.165) is 38.1 Å². The van der Waals surface area contributed by atoms with E-state index in [-0.39, 0.29) is 24.8 Å². The maximum Gasteiger partial charge on any atom is 0.141 e. The highest BCUT2D eigenvalue weighted by atomic mass is 35.5. The van der Waals surface area contributed by atoms with Crippen LogP contribution in [0.2, 0.25) is 0 Å². The first kappa shape index (κ1) is 16.8. The number of hydrogen-bond donors (Lipinski definition) is 1. The predicted molar refractivity (Wildman–Crippen MR) is 87.7 cm³/mol. The van der Waals surface area contributed by atoms with Gasteiger partial charge in [-0.1, -0.05) is 12.8 Å². The molecule has 2 aromatic rings. The second kappa shape index (κ2) is 7.54. The van der Waals surface area contributed by atoms with Gasteiger partial charge < -0.3 is 9.88 Å². The monoisotopic (exact) mass is 311 g/mol. The van der Waals surface area contributed by atoms with Crippen LogP contribution in [0, 0.1) is 11.8 Å². The summed E-state index contributed by atoms with van der Waals surface area (Å²) < 4.78 is 2.26. The second-order valence-corrected chi connectivity index (χ2v) is 4.52. The standard InChI is InChI=1S/C15H17N3.2ClH/c1-2-3-4-10-18-14-11-16-9-7-12(14)13-6-5-8-17-15(13)18;;/h5-6,8,16H,2,7,9-11H2,1H3;2*1H. The third-order valence-electron chi connectivity index (χ3n) is 3.42. The van der Waals surface area contributed by atoms with Crippen LogP contribution in [0.1, 0.15) is 24.6 Å². The number of halogens is 2. The van der Waals surface area contributed by atoms with Crippen LogP contribution in [0.4, 0.5) is 0 Å². The van der Waals surface area contributed by atoms with Crippen LogP contribution in [0.25, 0.3) is 11.0 Å². The molecule has 0 unspecified atom stereocenters. The summed E-state index contributed by atoms with van der Waals surface area (Å²) in [7, 11) is 0. The summed E-state index contributed by atoms with van der Waals surface area (Å²) in [5, 5.41) is 4.73. The Balaban J connectivity index is 0.000001000. The van der Waals surface area contributed by atoms with E-state index in [4.69, 9.17) is 0 Å². The normalized spacial score (nSPS) is 12.7. The summed E-state index contributed by atoms with van der Waals surface area (Å²) >= 11 is 0. The highest BCUT2D eigenvalue weighted by molar-refractivity contribution is 5.85. The molecular formula is C15H19Cl2N3. The number of fused-ring (bicyclic) bond motifs is 3. The van der Waals surface area contributed by atoms with E-state index in [1.165, 1.54) is 16.6 Å². The lowest BCUT2D eigenvalue weighted by Crippen LogP contribution is -2.25. The molecule has 0 amide bonds. The summed E-state index contributed by atoms with van der Waals surface area (Å²) in [5.74, 6) is 6.36. The number of aromatic nitrogens is 2. The van der Waals surface area contributed by atoms with Crippen molar-refractivity contribution in [2.75, 3.05) is 6.54 Å². The fourth-order valence-corrected chi connectivity index (χ4v) is 2.63. The molecule has 0 saturated carbocycles. The fourth-order valence-electron chi connectivity index (χ4n) is 2.63. The van der Waals surface area contributed by atoms with Gasteiger partial charge in [0.2, 0.25) is 0 Å². The van der Waals surface area contributed by atoms with Gasteiger partial charge in [-0.05, 0) is 30.7 Å². The molecule has 108 valence electrons. The first-order valence-corrected chi connectivity index (χ1v) is 6.53. The quantitative estimate of drug-likeness (QED) is 0.821. The summed E-state index contributed by atoms with van der Waals surface area (Å²) in [6.45, 7) is 4.82. The Morgan fingerprint density at radius 3 is 3.00 bits per heavy atom. The lowest BCUT2D eigenvalue weighted by atomic mass is 10.1. The molecule has 5 heteroatoms. The predicted octanol–water partition coefficient (Wildman–Crippen LogP) is 2.94. The van der Waals surface area contributed by atoms with Crippen molar-refractivity contribution < 1.29 is 0 Å². The van der Waals surface area contributed by atoms with Gasteiger partial charge in [-0.15, -0.1) is 30.7 Å². The number of hydrogen-bond acceptors (Lipinski definition) is 2. The zero-order chi connectivity index (χ0) is 12.4. The SMILES string of the molecule is CCC#CCn1c2c(c3cccnc31)CCNC2.Cl.Cl. The summed E-state index contributed by atoms with van der Waals surface area (Å²) in [6, 6.07) is 4.20. The molecule has 0 aromatic carbocycles. The van der Waals surface area contributed by atoms with Gasteiger partial charge in [-0.3, -0.25) is 0 Å². The Kier molecular flexibility index (Phi) is 6.35. The van der Waals surface area contributed by atoms with Crippen LogP contribution >= 0.6 is 24.8 Å². The van der Waals surface area contributed by atoms with E-state index in [1.807, 2.05) is 12.3 Å². The lowest BCUT2D eigenvalue weighted by molar-refractivity contribution is 0.606. The van der Waals surface area contributed by atoms with E-state index in [1.54, 1.807) is 0 Å². The maximum absolute atomic E-state index is 4.53. The molecular weight excluding hydrogens is 293 g/mol. The molecule has 0 atom stereocenters. The minimum Gasteiger partial charge on any atom is -0.316 e. The van der Waals surface area contributed by atoms with E-state index in [0.29, 0.717) is 0 Å². The van der Waals surface area contributed by atoms with Crippen molar-refractivity contribution >= 4 is 35.8 Å². The van der Waals surface area contributed by atoms with Crippen molar-refractivity contribution in [1.82, 2.24) is 14.9 Å². The van der Waals surface area contributed by atoms with Gasteiger partial charge >= 0.3 is 0 Å². The van der Waals surface area contributed by atoms with Crippen molar-refractivity contribution in [2.45, 2.75) is 32.9 Å². The highest BCUT2D eigenvalue weighted by Crippen LogP contribution is 2.26. The van der Waals surface area contributed by atoms with Crippen molar-refractivity contribution in [1.29, 1.82) is 0 Å². The zero-order valence-electron chi connectivity index (χ0n) is 11.5. The highest BCUT2D eigenvalue weighted by Gasteiger charge is 2.19. The molecule has 20 heavy (non-hydrogen) atoms. The van der Waals surface area contributed by atoms with Gasteiger partial charge in [-0.25, -0.2) is 4.98 Å². The molecule has 1 aliphatic rings. The summed E-state index contributed by atoms with van der Waals surface area (Å²) in [4.78, 5) is 4.53. The molecule has 3 rings (SSSR count). The average Bonchev–Trinajstić information content (AvgIpc) is 2.74. The van der Waals surface area contributed by atoms with E-state index < -0.39 is 0 Å². The topological polar surface area (TPSA) is 29.9 Å². The molecule has 1 N–H and O–H groups in total. The molecule has 0 bridgehead atoms. The molecule has 2 aromatic heterocycles. The largest absolute Gasteiger partial charge is 0.316 e. The Hall–Kier alpha value is -1.21. The van der Waals surface area contributed by atoms with Crippen molar-refractivity contribution in [2.24, 2.45) is 0 Å². The Labute approximate surface area is 132 Å². The molecule has 0 aliphatic carbocycles. The molecule has 3 heterocycles. The van der Waals surface area contributed by atoms with Gasteiger partial charge in [0, 0.05) is 30.2 Å². The molecule has 0 fully saturated rings. The Morgan fingerprint density at radius 2 is 2.20 bits per heavy atom. The molecule has 0 radical (unpaired) electrons. The fraction of sp³-hybridized carbons (Fsp3) is 0.400. The number of rotatable bonds is 1. The van der Waals surface area contributed by atoms with Crippen molar-refractivity contribution in [3.63, 3.8) is 0 Å². The van der Waals surface area contributed by atoms with Crippen LogP contribution in [0.15, 0.2) is 18.3 Å². The Morgan fingerprint density at radius 1 is 1.35 bits per heavy atom. The summed E-state index contributed by atoms with van der Waals surface area (Å²) in [5.41, 5.74) is 3.90. The number of nitrogens with one attached hydrogen (secondary N) is 1. The van der Waals surface area contributed by atoms with Crippen LogP contribution in [-0.4, -0.2) is 16.1 Å². The van der Waals surface area contributed by atoms with E-state index in [2.05, 4.69) is 39.7 Å². The van der Waals surface area contributed by atoms with Gasteiger partial charge in [0.05, 0.1) is 6.54 Å². The van der Waals surface area contributed by atoms with Gasteiger partial charge in [-0.2, -0.15) is 0 Å². The van der Waals surface area contributed by atoms with Crippen LogP contribution < -0.4 is 5.32 Å². The smallest absolute Gasteiger partial charge is 0.141 e. The first-order valence-electron chi connectivity index (χ1n) is 6.53. The average molecular weight is 312 g/mol. The molecule has 3 nitrogen and oxygen atoms in total. The van der Waals surface area contributed by atoms with Gasteiger partial charge in [0.15, 0.2) is 0 Å². The lowest BCUT2D eigenvalue weighted by Gasteiger charge is -2.15. The van der Waals surface area contributed by atoms with E-state index >= 15 is 0 Å². The summed E-state index contributed by atoms with van der Waals surface area (Å²) in [6.07, 6.45) is 3.86. The number of pyridine rings is 1.